The number of hydrogen-bond donors (Lipinski definition) is 2. The zero-order valence-electron chi connectivity index (χ0n) is 20.4. The minimum Gasteiger partial charge on any atom is -0.453 e. The van der Waals surface area contributed by atoms with Gasteiger partial charge in [0, 0.05) is 44.4 Å². The number of ether oxygens (including phenoxy) is 2. The van der Waals surface area contributed by atoms with Gasteiger partial charge in [-0.15, -0.1) is 0 Å². The molecule has 1 aromatic carbocycles. The molecule has 1 unspecified atom stereocenters. The topological polar surface area (TPSA) is 133 Å². The molecule has 0 aliphatic carbocycles. The first-order valence-electron chi connectivity index (χ1n) is 11.9. The van der Waals surface area contributed by atoms with Crippen molar-refractivity contribution < 1.29 is 33.0 Å². The Morgan fingerprint density at radius 1 is 1.19 bits per heavy atom. The second kappa shape index (κ2) is 11.7. The van der Waals surface area contributed by atoms with Crippen LogP contribution in [0.15, 0.2) is 34.8 Å². The lowest BCUT2D eigenvalue weighted by Crippen LogP contribution is -2.51. The molecule has 2 fully saturated rings. The summed E-state index contributed by atoms with van der Waals surface area (Å²) in [6.07, 6.45) is 2.28. The van der Waals surface area contributed by atoms with Gasteiger partial charge in [0.2, 0.25) is 11.8 Å². The highest BCUT2D eigenvalue weighted by Crippen LogP contribution is 2.28. The Labute approximate surface area is 213 Å². The quantitative estimate of drug-likeness (QED) is 0.544. The molecular formula is C24H29FN6O6. The molecule has 37 heavy (non-hydrogen) atoms. The zero-order chi connectivity index (χ0) is 26.4. The fraction of sp³-hybridized carbons (Fsp3) is 0.458. The summed E-state index contributed by atoms with van der Waals surface area (Å²) in [6, 6.07) is 4.49. The zero-order valence-corrected chi connectivity index (χ0v) is 20.4. The second-order valence-electron chi connectivity index (χ2n) is 8.66. The van der Waals surface area contributed by atoms with Gasteiger partial charge in [0.05, 0.1) is 44.7 Å². The number of piperazine rings is 1. The van der Waals surface area contributed by atoms with E-state index in [9.17, 15) is 19.2 Å². The molecule has 0 radical (unpaired) electrons. The first-order chi connectivity index (χ1) is 17.9. The molecule has 4 rings (SSSR count). The highest BCUT2D eigenvalue weighted by atomic mass is 19.1. The van der Waals surface area contributed by atoms with Gasteiger partial charge in [0.15, 0.2) is 0 Å². The van der Waals surface area contributed by atoms with E-state index in [4.69, 9.17) is 4.74 Å². The third-order valence-electron chi connectivity index (χ3n) is 6.30. The number of carbonyl (C=O) groups excluding carboxylic acids is 4. The minimum atomic E-state index is -0.635. The highest BCUT2D eigenvalue weighted by Gasteiger charge is 2.33. The molecule has 12 nitrogen and oxygen atoms in total. The molecule has 0 spiro atoms. The van der Waals surface area contributed by atoms with E-state index in [0.29, 0.717) is 56.1 Å². The summed E-state index contributed by atoms with van der Waals surface area (Å²) < 4.78 is 24.7. The molecule has 1 atom stereocenters. The van der Waals surface area contributed by atoms with E-state index >= 15 is 4.39 Å². The van der Waals surface area contributed by atoms with Crippen LogP contribution in [0.25, 0.3) is 0 Å². The number of hydrogen-bond acceptors (Lipinski definition) is 8. The van der Waals surface area contributed by atoms with E-state index < -0.39 is 24.1 Å². The van der Waals surface area contributed by atoms with Crippen molar-refractivity contribution in [1.29, 1.82) is 0 Å². The summed E-state index contributed by atoms with van der Waals surface area (Å²) in [5.74, 6) is -0.997. The van der Waals surface area contributed by atoms with Gasteiger partial charge in [-0.05, 0) is 18.2 Å². The van der Waals surface area contributed by atoms with E-state index in [1.807, 2.05) is 4.90 Å². The predicted molar refractivity (Wildman–Crippen MR) is 132 cm³/mol. The maximum Gasteiger partial charge on any atom is 0.414 e. The number of allylic oxidation sites excluding steroid dienone is 1. The van der Waals surface area contributed by atoms with Crippen molar-refractivity contribution in [2.75, 3.05) is 69.3 Å². The maximum atomic E-state index is 15.0. The maximum absolute atomic E-state index is 15.0. The third kappa shape index (κ3) is 6.35. The van der Waals surface area contributed by atoms with Gasteiger partial charge in [0.1, 0.15) is 11.9 Å². The summed E-state index contributed by atoms with van der Waals surface area (Å²) in [5.41, 5.74) is 1.26. The van der Waals surface area contributed by atoms with Crippen molar-refractivity contribution in [3.05, 3.63) is 35.7 Å². The van der Waals surface area contributed by atoms with Crippen molar-refractivity contribution in [2.24, 2.45) is 4.99 Å². The third-order valence-corrected chi connectivity index (χ3v) is 6.30. The second-order valence-corrected chi connectivity index (χ2v) is 8.66. The van der Waals surface area contributed by atoms with Crippen molar-refractivity contribution in [3.8, 4) is 0 Å². The van der Waals surface area contributed by atoms with E-state index in [1.165, 1.54) is 18.1 Å². The number of halogens is 1. The molecule has 1 aromatic rings. The molecule has 4 amide bonds. The summed E-state index contributed by atoms with van der Waals surface area (Å²) in [4.78, 5) is 57.0. The lowest BCUT2D eigenvalue weighted by molar-refractivity contribution is -0.132. The van der Waals surface area contributed by atoms with Crippen LogP contribution in [-0.2, 0) is 19.1 Å². The van der Waals surface area contributed by atoms with Crippen LogP contribution in [0.4, 0.5) is 25.4 Å². The SMILES string of the molecule is COC(=O)NCC1CN(c2ccc(N3CCN(C(=O)CNC(=O)C4=CCC=NC4)CC3)c(F)c2)C(=O)O1. The Morgan fingerprint density at radius 3 is 2.65 bits per heavy atom. The summed E-state index contributed by atoms with van der Waals surface area (Å²) >= 11 is 0. The van der Waals surface area contributed by atoms with Gasteiger partial charge < -0.3 is 29.9 Å². The Hall–Kier alpha value is -4.16. The van der Waals surface area contributed by atoms with Gasteiger partial charge in [0.25, 0.3) is 0 Å². The first kappa shape index (κ1) is 25.9. The largest absolute Gasteiger partial charge is 0.453 e. The van der Waals surface area contributed by atoms with Gasteiger partial charge in [-0.25, -0.2) is 14.0 Å². The average molecular weight is 517 g/mol. The molecule has 2 saturated heterocycles. The first-order valence-corrected chi connectivity index (χ1v) is 11.9. The predicted octanol–water partition coefficient (Wildman–Crippen LogP) is 0.673. The van der Waals surface area contributed by atoms with Crippen molar-refractivity contribution in [1.82, 2.24) is 15.5 Å². The van der Waals surface area contributed by atoms with Crippen LogP contribution in [-0.4, -0.2) is 101 Å². The lowest BCUT2D eigenvalue weighted by Gasteiger charge is -2.36. The van der Waals surface area contributed by atoms with Crippen molar-refractivity contribution in [3.63, 3.8) is 0 Å². The number of carbonyl (C=O) groups is 4. The molecule has 3 aliphatic rings. The van der Waals surface area contributed by atoms with E-state index in [-0.39, 0.29) is 31.4 Å². The van der Waals surface area contributed by atoms with Crippen LogP contribution in [0.2, 0.25) is 0 Å². The van der Waals surface area contributed by atoms with Gasteiger partial charge >= 0.3 is 12.2 Å². The smallest absolute Gasteiger partial charge is 0.414 e. The number of dihydropyridines is 1. The van der Waals surface area contributed by atoms with Gasteiger partial charge in [-0.3, -0.25) is 19.5 Å². The number of rotatable bonds is 7. The number of amides is 4. The fourth-order valence-corrected chi connectivity index (χ4v) is 4.27. The molecule has 2 N–H and O–H groups in total. The summed E-state index contributed by atoms with van der Waals surface area (Å²) in [5, 5.41) is 5.11. The van der Waals surface area contributed by atoms with Crippen LogP contribution < -0.4 is 20.4 Å². The summed E-state index contributed by atoms with van der Waals surface area (Å²) in [7, 11) is 1.23. The number of aliphatic imine (C=N–C) groups is 1. The standard InChI is InChI=1S/C24H29FN6O6/c1-36-23(34)28-13-18-15-31(24(35)37-18)17-4-5-20(19(25)11-17)29-7-9-30(10-8-29)21(32)14-27-22(33)16-3-2-6-26-12-16/h3-6,11,18H,2,7-10,12-15H2,1H3,(H,27,33)(H,28,34). The molecule has 3 heterocycles. The minimum absolute atomic E-state index is 0.0779. The fourth-order valence-electron chi connectivity index (χ4n) is 4.27. The van der Waals surface area contributed by atoms with Crippen molar-refractivity contribution >= 4 is 41.6 Å². The van der Waals surface area contributed by atoms with Crippen molar-refractivity contribution in [2.45, 2.75) is 12.5 Å². The van der Waals surface area contributed by atoms with Gasteiger partial charge in [-0.1, -0.05) is 6.08 Å². The molecule has 0 saturated carbocycles. The highest BCUT2D eigenvalue weighted by molar-refractivity contribution is 5.97. The van der Waals surface area contributed by atoms with Crippen LogP contribution >= 0.6 is 0 Å². The number of alkyl carbamates (subject to hydrolysis) is 1. The van der Waals surface area contributed by atoms with Gasteiger partial charge in [-0.2, -0.15) is 0 Å². The monoisotopic (exact) mass is 516 g/mol. The Bertz CT molecular complexity index is 1120. The number of methoxy groups -OCH3 is 1. The summed E-state index contributed by atoms with van der Waals surface area (Å²) in [6.45, 7) is 2.05. The molecule has 198 valence electrons. The molecular weight excluding hydrogens is 487 g/mol. The lowest BCUT2D eigenvalue weighted by atomic mass is 10.1. The van der Waals surface area contributed by atoms with E-state index in [2.05, 4.69) is 20.4 Å². The number of cyclic esters (lactones) is 1. The number of anilines is 2. The normalized spacial score (nSPS) is 19.3. The molecule has 13 heteroatoms. The Kier molecular flexibility index (Phi) is 8.21. The number of nitrogens with zero attached hydrogens (tertiary/aromatic N) is 4. The van der Waals surface area contributed by atoms with E-state index in [1.54, 1.807) is 29.3 Å². The van der Waals surface area contributed by atoms with Crippen LogP contribution in [0.5, 0.6) is 0 Å². The van der Waals surface area contributed by atoms with E-state index in [0.717, 1.165) is 0 Å². The molecule has 0 bridgehead atoms. The van der Waals surface area contributed by atoms with Crippen LogP contribution in [0.1, 0.15) is 6.42 Å². The number of benzene rings is 1. The average Bonchev–Trinajstić information content (AvgIpc) is 3.31. The molecule has 0 aromatic heterocycles. The molecule has 3 aliphatic heterocycles. The van der Waals surface area contributed by atoms with Crippen LogP contribution in [0, 0.1) is 5.82 Å². The Morgan fingerprint density at radius 2 is 1.97 bits per heavy atom. The van der Waals surface area contributed by atoms with Crippen LogP contribution in [0.3, 0.4) is 0 Å². The number of nitrogens with one attached hydrogen (secondary N) is 2. The Balaban J connectivity index is 1.27.